The fourth-order valence-electron chi connectivity index (χ4n) is 1.33. The van der Waals surface area contributed by atoms with E-state index in [1.165, 1.54) is 0 Å². The van der Waals surface area contributed by atoms with E-state index in [2.05, 4.69) is 22.3 Å². The number of sulfonamides is 1. The molecule has 1 amide bonds. The number of hydrogen-bond acceptors (Lipinski definition) is 4. The van der Waals surface area contributed by atoms with Crippen molar-refractivity contribution in [2.24, 2.45) is 5.73 Å². The van der Waals surface area contributed by atoms with Gasteiger partial charge in [0.25, 0.3) is 0 Å². The molecule has 1 aliphatic heterocycles. The van der Waals surface area contributed by atoms with Crippen LogP contribution in [0.5, 0.6) is 0 Å². The largest absolute Gasteiger partial charge is 0.392 e. The van der Waals surface area contributed by atoms with E-state index in [1.807, 2.05) is 0 Å². The normalized spacial score (nSPS) is 22.1. The van der Waals surface area contributed by atoms with Gasteiger partial charge in [0.05, 0.1) is 4.99 Å². The molecule has 0 aromatic rings. The molecule has 4 N–H and O–H groups in total. The van der Waals surface area contributed by atoms with Gasteiger partial charge in [0.15, 0.2) is 0 Å². The standard InChI is InChI=1S/C7H13N3O3S2/c8-6(14)4-15(12,13)10-5-2-1-3-9-7(5)11/h5,10H,1-4H2,(H2,8,14)(H,9,11). The number of carbonyl (C=O) groups is 1. The summed E-state index contributed by atoms with van der Waals surface area (Å²) in [6.45, 7) is 0.590. The lowest BCUT2D eigenvalue weighted by Gasteiger charge is -2.22. The van der Waals surface area contributed by atoms with Crippen LogP contribution in [0.15, 0.2) is 0 Å². The molecule has 0 aromatic heterocycles. The highest BCUT2D eigenvalue weighted by Crippen LogP contribution is 2.04. The fourth-order valence-corrected chi connectivity index (χ4v) is 2.91. The third-order valence-corrected chi connectivity index (χ3v) is 3.60. The van der Waals surface area contributed by atoms with Gasteiger partial charge in [-0.15, -0.1) is 0 Å². The third-order valence-electron chi connectivity index (χ3n) is 1.94. The van der Waals surface area contributed by atoms with E-state index in [0.717, 1.165) is 6.42 Å². The van der Waals surface area contributed by atoms with Crippen LogP contribution in [0.25, 0.3) is 0 Å². The zero-order valence-electron chi connectivity index (χ0n) is 8.02. The summed E-state index contributed by atoms with van der Waals surface area (Å²) in [7, 11) is -3.59. The molecule has 86 valence electrons. The number of carbonyl (C=O) groups excluding carboxylic acids is 1. The third kappa shape index (κ3) is 4.10. The van der Waals surface area contributed by atoms with Crippen LogP contribution >= 0.6 is 12.2 Å². The number of nitrogens with two attached hydrogens (primary N) is 1. The number of amides is 1. The lowest BCUT2D eigenvalue weighted by molar-refractivity contribution is -0.124. The summed E-state index contributed by atoms with van der Waals surface area (Å²) in [6.07, 6.45) is 1.26. The molecule has 1 heterocycles. The topological polar surface area (TPSA) is 101 Å². The Labute approximate surface area is 93.6 Å². The highest BCUT2D eigenvalue weighted by molar-refractivity contribution is 7.92. The summed E-state index contributed by atoms with van der Waals surface area (Å²) >= 11 is 4.50. The molecule has 0 aromatic carbocycles. The first-order valence-electron chi connectivity index (χ1n) is 4.47. The maximum Gasteiger partial charge on any atom is 0.238 e. The van der Waals surface area contributed by atoms with Crippen LogP contribution in [0, 0.1) is 0 Å². The monoisotopic (exact) mass is 251 g/mol. The first-order chi connectivity index (χ1) is 6.91. The van der Waals surface area contributed by atoms with Crippen molar-refractivity contribution in [1.82, 2.24) is 10.0 Å². The molecule has 0 bridgehead atoms. The molecule has 1 rings (SSSR count). The highest BCUT2D eigenvalue weighted by atomic mass is 32.2. The molecule has 1 fully saturated rings. The van der Waals surface area contributed by atoms with Crippen molar-refractivity contribution in [3.63, 3.8) is 0 Å². The SMILES string of the molecule is NC(=S)CS(=O)(=O)NC1CCCNC1=O. The first-order valence-corrected chi connectivity index (χ1v) is 6.53. The Bertz CT molecular complexity index is 366. The van der Waals surface area contributed by atoms with Crippen molar-refractivity contribution in [1.29, 1.82) is 0 Å². The van der Waals surface area contributed by atoms with Crippen molar-refractivity contribution >= 4 is 33.1 Å². The molecule has 0 spiro atoms. The predicted octanol–water partition coefficient (Wildman–Crippen LogP) is -1.53. The van der Waals surface area contributed by atoms with Crippen LogP contribution in [-0.4, -0.2) is 37.7 Å². The number of piperidine rings is 1. The number of thiocarbonyl (C=S) groups is 1. The lowest BCUT2D eigenvalue weighted by Crippen LogP contribution is -2.51. The van der Waals surface area contributed by atoms with Gasteiger partial charge in [-0.05, 0) is 12.8 Å². The number of rotatable bonds is 4. The van der Waals surface area contributed by atoms with Crippen molar-refractivity contribution < 1.29 is 13.2 Å². The average Bonchev–Trinajstić information content (AvgIpc) is 2.06. The summed E-state index contributed by atoms with van der Waals surface area (Å²) in [4.78, 5) is 11.1. The quantitative estimate of drug-likeness (QED) is 0.526. The van der Waals surface area contributed by atoms with Gasteiger partial charge in [-0.3, -0.25) is 4.79 Å². The molecule has 1 aliphatic rings. The van der Waals surface area contributed by atoms with E-state index in [4.69, 9.17) is 5.73 Å². The van der Waals surface area contributed by atoms with Crippen LogP contribution in [0.2, 0.25) is 0 Å². The van der Waals surface area contributed by atoms with Gasteiger partial charge >= 0.3 is 0 Å². The van der Waals surface area contributed by atoms with Crippen molar-refractivity contribution in [3.05, 3.63) is 0 Å². The Morgan fingerprint density at radius 1 is 1.67 bits per heavy atom. The molecule has 8 heteroatoms. The van der Waals surface area contributed by atoms with Crippen molar-refractivity contribution in [3.8, 4) is 0 Å². The Kier molecular flexibility index (Phi) is 4.00. The minimum absolute atomic E-state index is 0.112. The number of nitrogens with one attached hydrogen (secondary N) is 2. The maximum absolute atomic E-state index is 11.4. The van der Waals surface area contributed by atoms with E-state index < -0.39 is 21.8 Å². The highest BCUT2D eigenvalue weighted by Gasteiger charge is 2.26. The van der Waals surface area contributed by atoms with Gasteiger partial charge in [-0.25, -0.2) is 13.1 Å². The lowest BCUT2D eigenvalue weighted by atomic mass is 10.1. The maximum atomic E-state index is 11.4. The smallest absolute Gasteiger partial charge is 0.238 e. The molecule has 1 unspecified atom stereocenters. The summed E-state index contributed by atoms with van der Waals surface area (Å²) in [6, 6.07) is -0.696. The van der Waals surface area contributed by atoms with E-state index in [0.29, 0.717) is 13.0 Å². The minimum Gasteiger partial charge on any atom is -0.392 e. The Balaban J connectivity index is 2.59. The molecular formula is C7H13N3O3S2. The second-order valence-corrected chi connectivity index (χ2v) is 5.61. The van der Waals surface area contributed by atoms with E-state index in [1.54, 1.807) is 0 Å². The molecular weight excluding hydrogens is 238 g/mol. The Morgan fingerprint density at radius 3 is 2.87 bits per heavy atom. The van der Waals surface area contributed by atoms with E-state index in [9.17, 15) is 13.2 Å². The Morgan fingerprint density at radius 2 is 2.33 bits per heavy atom. The van der Waals surface area contributed by atoms with Crippen LogP contribution < -0.4 is 15.8 Å². The van der Waals surface area contributed by atoms with Crippen molar-refractivity contribution in [2.75, 3.05) is 12.3 Å². The molecule has 1 saturated heterocycles. The van der Waals surface area contributed by atoms with Gasteiger partial charge in [-0.2, -0.15) is 0 Å². The van der Waals surface area contributed by atoms with Gasteiger partial charge in [0, 0.05) is 6.54 Å². The second kappa shape index (κ2) is 4.86. The fraction of sp³-hybridized carbons (Fsp3) is 0.714. The Hall–Kier alpha value is -0.730. The second-order valence-electron chi connectivity index (χ2n) is 3.33. The summed E-state index contributed by atoms with van der Waals surface area (Å²) in [5.41, 5.74) is 5.13. The zero-order chi connectivity index (χ0) is 11.5. The molecule has 6 nitrogen and oxygen atoms in total. The van der Waals surface area contributed by atoms with Gasteiger partial charge in [0.1, 0.15) is 11.8 Å². The predicted molar refractivity (Wildman–Crippen MR) is 59.7 cm³/mol. The summed E-state index contributed by atoms with van der Waals surface area (Å²) < 4.78 is 25.1. The van der Waals surface area contributed by atoms with Gasteiger partial charge in [0.2, 0.25) is 15.9 Å². The molecule has 0 radical (unpaired) electrons. The van der Waals surface area contributed by atoms with Crippen LogP contribution in [0.3, 0.4) is 0 Å². The average molecular weight is 251 g/mol. The van der Waals surface area contributed by atoms with Crippen molar-refractivity contribution in [2.45, 2.75) is 18.9 Å². The van der Waals surface area contributed by atoms with Crippen LogP contribution in [0.4, 0.5) is 0 Å². The first kappa shape index (κ1) is 12.3. The molecule has 0 aliphatic carbocycles. The molecule has 15 heavy (non-hydrogen) atoms. The van der Waals surface area contributed by atoms with Gasteiger partial charge in [-0.1, -0.05) is 12.2 Å². The van der Waals surface area contributed by atoms with Crippen LogP contribution in [0.1, 0.15) is 12.8 Å². The van der Waals surface area contributed by atoms with Gasteiger partial charge < -0.3 is 11.1 Å². The van der Waals surface area contributed by atoms with Crippen LogP contribution in [-0.2, 0) is 14.8 Å². The molecule has 0 saturated carbocycles. The molecule has 1 atom stereocenters. The zero-order valence-corrected chi connectivity index (χ0v) is 9.66. The minimum atomic E-state index is -3.59. The number of hydrogen-bond donors (Lipinski definition) is 3. The van der Waals surface area contributed by atoms with E-state index in [-0.39, 0.29) is 10.9 Å². The summed E-state index contributed by atoms with van der Waals surface area (Å²) in [5, 5.41) is 2.58. The van der Waals surface area contributed by atoms with E-state index >= 15 is 0 Å². The summed E-state index contributed by atoms with van der Waals surface area (Å²) in [5.74, 6) is -0.723.